The fourth-order valence-electron chi connectivity index (χ4n) is 3.45. The first kappa shape index (κ1) is 11.9. The van der Waals surface area contributed by atoms with Crippen molar-refractivity contribution in [2.45, 2.75) is 57.2 Å². The Labute approximate surface area is 109 Å². The molecule has 0 radical (unpaired) electrons. The molecule has 0 aromatic carbocycles. The Morgan fingerprint density at radius 2 is 2.06 bits per heavy atom. The van der Waals surface area contributed by atoms with Gasteiger partial charge in [0.1, 0.15) is 5.82 Å². The number of hydrogen-bond donors (Lipinski definition) is 1. The summed E-state index contributed by atoms with van der Waals surface area (Å²) in [5.41, 5.74) is 0. The van der Waals surface area contributed by atoms with Gasteiger partial charge in [-0.05, 0) is 32.1 Å². The Morgan fingerprint density at radius 3 is 2.67 bits per heavy atom. The molecule has 3 heterocycles. The van der Waals surface area contributed by atoms with Crippen molar-refractivity contribution >= 4 is 5.82 Å². The lowest BCUT2D eigenvalue weighted by Gasteiger charge is -2.38. The highest BCUT2D eigenvalue weighted by Gasteiger charge is 2.36. The zero-order chi connectivity index (χ0) is 12.4. The van der Waals surface area contributed by atoms with Crippen molar-refractivity contribution in [1.29, 1.82) is 0 Å². The predicted molar refractivity (Wildman–Crippen MR) is 72.6 cm³/mol. The average Bonchev–Trinajstić information content (AvgIpc) is 2.76. The fraction of sp³-hybridized carbons (Fsp3) is 0.714. The molecular formula is C14H22N4. The molecule has 4 heteroatoms. The van der Waals surface area contributed by atoms with Gasteiger partial charge < -0.3 is 10.2 Å². The molecular weight excluding hydrogens is 224 g/mol. The van der Waals surface area contributed by atoms with Crippen molar-refractivity contribution in [2.75, 3.05) is 11.4 Å². The molecule has 0 amide bonds. The summed E-state index contributed by atoms with van der Waals surface area (Å²) in [7, 11) is 0. The van der Waals surface area contributed by atoms with Crippen LogP contribution in [-0.4, -0.2) is 34.6 Å². The van der Waals surface area contributed by atoms with Crippen LogP contribution in [0, 0.1) is 0 Å². The maximum absolute atomic E-state index is 4.49. The Bertz CT molecular complexity index is 369. The van der Waals surface area contributed by atoms with Gasteiger partial charge in [-0.3, -0.25) is 4.98 Å². The number of piperidine rings is 1. The molecule has 2 aliphatic rings. The normalized spacial score (nSPS) is 30.4. The van der Waals surface area contributed by atoms with Crippen LogP contribution in [0.25, 0.3) is 0 Å². The van der Waals surface area contributed by atoms with Gasteiger partial charge in [-0.25, -0.2) is 4.98 Å². The van der Waals surface area contributed by atoms with Gasteiger partial charge in [0.25, 0.3) is 0 Å². The van der Waals surface area contributed by atoms with E-state index in [1.54, 1.807) is 12.4 Å². The molecule has 1 aromatic rings. The topological polar surface area (TPSA) is 41.1 Å². The van der Waals surface area contributed by atoms with Crippen LogP contribution in [0.5, 0.6) is 0 Å². The van der Waals surface area contributed by atoms with Gasteiger partial charge in [-0.2, -0.15) is 0 Å². The summed E-state index contributed by atoms with van der Waals surface area (Å²) in [5, 5.41) is 3.71. The Morgan fingerprint density at radius 1 is 1.28 bits per heavy atom. The first-order valence-electron chi connectivity index (χ1n) is 7.15. The second kappa shape index (κ2) is 5.22. The second-order valence-corrected chi connectivity index (χ2v) is 5.52. The van der Waals surface area contributed by atoms with Crippen LogP contribution in [0.3, 0.4) is 0 Å². The third-order valence-corrected chi connectivity index (χ3v) is 4.20. The number of nitrogens with one attached hydrogen (secondary N) is 1. The van der Waals surface area contributed by atoms with Crippen LogP contribution >= 0.6 is 0 Å². The van der Waals surface area contributed by atoms with Crippen molar-refractivity contribution in [3.63, 3.8) is 0 Å². The average molecular weight is 246 g/mol. The third-order valence-electron chi connectivity index (χ3n) is 4.20. The lowest BCUT2D eigenvalue weighted by atomic mass is 9.98. The fourth-order valence-corrected chi connectivity index (χ4v) is 3.45. The van der Waals surface area contributed by atoms with Crippen LogP contribution in [0.2, 0.25) is 0 Å². The molecule has 2 fully saturated rings. The summed E-state index contributed by atoms with van der Waals surface area (Å²) in [6, 6.07) is 2.09. The van der Waals surface area contributed by atoms with Crippen LogP contribution in [0.1, 0.15) is 39.0 Å². The molecule has 3 rings (SSSR count). The Balaban J connectivity index is 1.77. The molecule has 2 bridgehead atoms. The monoisotopic (exact) mass is 246 g/mol. The van der Waals surface area contributed by atoms with E-state index >= 15 is 0 Å². The quantitative estimate of drug-likeness (QED) is 0.882. The second-order valence-electron chi connectivity index (χ2n) is 5.52. The van der Waals surface area contributed by atoms with Crippen molar-refractivity contribution in [3.8, 4) is 0 Å². The number of nitrogens with zero attached hydrogens (tertiary/aromatic N) is 3. The molecule has 4 nitrogen and oxygen atoms in total. The van der Waals surface area contributed by atoms with Crippen LogP contribution in [0.4, 0.5) is 5.82 Å². The maximum atomic E-state index is 4.49. The molecule has 1 aromatic heterocycles. The summed E-state index contributed by atoms with van der Waals surface area (Å²) in [6.07, 6.45) is 11.8. The van der Waals surface area contributed by atoms with E-state index in [-0.39, 0.29) is 0 Å². The first-order valence-corrected chi connectivity index (χ1v) is 7.15. The maximum Gasteiger partial charge on any atom is 0.147 e. The molecule has 2 aliphatic heterocycles. The summed E-state index contributed by atoms with van der Waals surface area (Å²) in [5.74, 6) is 1.05. The zero-order valence-electron chi connectivity index (χ0n) is 11.0. The van der Waals surface area contributed by atoms with E-state index in [0.29, 0.717) is 6.04 Å². The Kier molecular flexibility index (Phi) is 3.46. The van der Waals surface area contributed by atoms with Gasteiger partial charge in [-0.15, -0.1) is 0 Å². The van der Waals surface area contributed by atoms with Crippen LogP contribution in [0.15, 0.2) is 18.6 Å². The van der Waals surface area contributed by atoms with Gasteiger partial charge >= 0.3 is 0 Å². The van der Waals surface area contributed by atoms with Gasteiger partial charge in [0.15, 0.2) is 0 Å². The lowest BCUT2D eigenvalue weighted by molar-refractivity contribution is 0.345. The smallest absolute Gasteiger partial charge is 0.147 e. The molecule has 2 saturated heterocycles. The highest BCUT2D eigenvalue weighted by atomic mass is 15.2. The van der Waals surface area contributed by atoms with Gasteiger partial charge in [0.2, 0.25) is 0 Å². The number of aromatic nitrogens is 2. The molecule has 0 saturated carbocycles. The molecule has 0 aliphatic carbocycles. The molecule has 1 N–H and O–H groups in total. The number of hydrogen-bond acceptors (Lipinski definition) is 4. The minimum atomic E-state index is 0.639. The highest BCUT2D eigenvalue weighted by molar-refractivity contribution is 5.37. The summed E-state index contributed by atoms with van der Waals surface area (Å²) >= 11 is 0. The summed E-state index contributed by atoms with van der Waals surface area (Å²) in [4.78, 5) is 11.2. The number of fused-ring (bicyclic) bond motifs is 2. The van der Waals surface area contributed by atoms with Gasteiger partial charge in [-0.1, -0.05) is 6.92 Å². The van der Waals surface area contributed by atoms with Crippen LogP contribution in [-0.2, 0) is 0 Å². The number of anilines is 1. The molecule has 2 unspecified atom stereocenters. The molecule has 2 atom stereocenters. The number of rotatable bonds is 4. The SMILES string of the molecule is CCCN(c1cnccn1)C1CC2CCC(C1)N2. The molecule has 0 spiro atoms. The minimum absolute atomic E-state index is 0.639. The molecule has 98 valence electrons. The van der Waals surface area contributed by atoms with E-state index in [0.717, 1.165) is 30.9 Å². The highest BCUT2D eigenvalue weighted by Crippen LogP contribution is 2.31. The van der Waals surface area contributed by atoms with Crippen molar-refractivity contribution in [2.24, 2.45) is 0 Å². The molecule has 18 heavy (non-hydrogen) atoms. The Hall–Kier alpha value is -1.16. The van der Waals surface area contributed by atoms with E-state index in [9.17, 15) is 0 Å². The largest absolute Gasteiger partial charge is 0.352 e. The van der Waals surface area contributed by atoms with E-state index in [1.165, 1.54) is 25.7 Å². The van der Waals surface area contributed by atoms with Crippen molar-refractivity contribution < 1.29 is 0 Å². The van der Waals surface area contributed by atoms with Crippen molar-refractivity contribution in [3.05, 3.63) is 18.6 Å². The van der Waals surface area contributed by atoms with E-state index in [1.807, 2.05) is 6.20 Å². The predicted octanol–water partition coefficient (Wildman–Crippen LogP) is 1.98. The van der Waals surface area contributed by atoms with Crippen LogP contribution < -0.4 is 10.2 Å². The summed E-state index contributed by atoms with van der Waals surface area (Å²) in [6.45, 7) is 3.32. The minimum Gasteiger partial charge on any atom is -0.352 e. The van der Waals surface area contributed by atoms with E-state index in [4.69, 9.17) is 0 Å². The first-order chi connectivity index (χ1) is 8.86. The van der Waals surface area contributed by atoms with E-state index in [2.05, 4.69) is 27.1 Å². The van der Waals surface area contributed by atoms with Gasteiger partial charge in [0.05, 0.1) is 6.20 Å². The third kappa shape index (κ3) is 2.34. The van der Waals surface area contributed by atoms with Gasteiger partial charge in [0, 0.05) is 37.1 Å². The van der Waals surface area contributed by atoms with E-state index < -0.39 is 0 Å². The standard InChI is InChI=1S/C14H22N4/c1-2-7-18(14-10-15-5-6-16-14)13-8-11-3-4-12(9-13)17-11/h5-6,10-13,17H,2-4,7-9H2,1H3. The summed E-state index contributed by atoms with van der Waals surface area (Å²) < 4.78 is 0. The lowest BCUT2D eigenvalue weighted by Crippen LogP contribution is -2.49. The van der Waals surface area contributed by atoms with Crippen molar-refractivity contribution in [1.82, 2.24) is 15.3 Å². The zero-order valence-corrected chi connectivity index (χ0v) is 11.0.